The summed E-state index contributed by atoms with van der Waals surface area (Å²) in [4.78, 5) is 10.4. The van der Waals surface area contributed by atoms with Gasteiger partial charge in [-0.1, -0.05) is 6.92 Å². The van der Waals surface area contributed by atoms with Gasteiger partial charge in [-0.05, 0) is 6.42 Å². The maximum Gasteiger partial charge on any atom is 0.305 e. The number of ether oxygens (including phenoxy) is 1. The molecule has 2 heteroatoms. The summed E-state index contributed by atoms with van der Waals surface area (Å²) in [6, 6.07) is 0. The Hall–Kier alpha value is -0.530. The molecule has 0 aromatic heterocycles. The lowest BCUT2D eigenvalue weighted by atomic mass is 10.5. The molecule has 0 heterocycles. The average Bonchev–Trinajstić information content (AvgIpc) is 2.50. The lowest BCUT2D eigenvalue weighted by Crippen LogP contribution is -2.03. The number of carbonyl (C=O) groups is 1. The van der Waals surface area contributed by atoms with Gasteiger partial charge in [0.1, 0.15) is 6.10 Å². The summed E-state index contributed by atoms with van der Waals surface area (Å²) in [6.07, 6.45) is 3.56. The van der Waals surface area contributed by atoms with Crippen LogP contribution in [-0.4, -0.2) is 12.1 Å². The van der Waals surface area contributed by atoms with Crippen LogP contribution in [0.15, 0.2) is 0 Å². The molecular formula is C6H9O2. The molecule has 0 aliphatic heterocycles. The van der Waals surface area contributed by atoms with E-state index in [1.165, 1.54) is 0 Å². The van der Waals surface area contributed by atoms with Gasteiger partial charge in [0.25, 0.3) is 0 Å². The van der Waals surface area contributed by atoms with Gasteiger partial charge >= 0.3 is 5.97 Å². The lowest BCUT2D eigenvalue weighted by Gasteiger charge is -1.96. The molecule has 1 rings (SSSR count). The minimum absolute atomic E-state index is 0.0937. The fraction of sp³-hybridized carbons (Fsp3) is 0.667. The first-order chi connectivity index (χ1) is 3.83. The molecule has 0 spiro atoms. The molecule has 8 heavy (non-hydrogen) atoms. The van der Waals surface area contributed by atoms with Gasteiger partial charge in [-0.25, -0.2) is 0 Å². The maximum atomic E-state index is 10.4. The van der Waals surface area contributed by atoms with Gasteiger partial charge in [0.05, 0.1) is 0 Å². The molecule has 1 atom stereocenters. The number of rotatable bonds is 2. The Morgan fingerprint density at radius 2 is 2.62 bits per heavy atom. The molecule has 1 aliphatic rings. The van der Waals surface area contributed by atoms with Crippen LogP contribution in [0, 0.1) is 6.42 Å². The van der Waals surface area contributed by atoms with Gasteiger partial charge in [0.15, 0.2) is 0 Å². The summed E-state index contributed by atoms with van der Waals surface area (Å²) in [6.45, 7) is 1.80. The molecule has 0 aromatic carbocycles. The van der Waals surface area contributed by atoms with E-state index in [0.29, 0.717) is 6.42 Å². The Balaban J connectivity index is 2.07. The Bertz CT molecular complexity index is 94.7. The smallest absolute Gasteiger partial charge is 0.305 e. The van der Waals surface area contributed by atoms with Crippen LogP contribution in [0.1, 0.15) is 19.8 Å². The summed E-state index contributed by atoms with van der Waals surface area (Å²) < 4.78 is 4.82. The molecule has 1 aliphatic carbocycles. The third-order valence-electron chi connectivity index (χ3n) is 1.000. The molecule has 0 bridgehead atoms. The van der Waals surface area contributed by atoms with Crippen molar-refractivity contribution in [1.82, 2.24) is 0 Å². The molecule has 1 saturated carbocycles. The van der Waals surface area contributed by atoms with E-state index in [1.54, 1.807) is 6.92 Å². The summed E-state index contributed by atoms with van der Waals surface area (Å²) in [7, 11) is 0. The van der Waals surface area contributed by atoms with Gasteiger partial charge in [-0.3, -0.25) is 4.79 Å². The van der Waals surface area contributed by atoms with E-state index >= 15 is 0 Å². The van der Waals surface area contributed by atoms with Crippen LogP contribution < -0.4 is 0 Å². The van der Waals surface area contributed by atoms with E-state index < -0.39 is 0 Å². The van der Waals surface area contributed by atoms with Gasteiger partial charge < -0.3 is 4.74 Å². The van der Waals surface area contributed by atoms with Crippen LogP contribution in [0.2, 0.25) is 0 Å². The lowest BCUT2D eigenvalue weighted by molar-refractivity contribution is -0.144. The van der Waals surface area contributed by atoms with Crippen LogP contribution in [0.25, 0.3) is 0 Å². The molecule has 45 valence electrons. The van der Waals surface area contributed by atoms with Crippen molar-refractivity contribution < 1.29 is 9.53 Å². The zero-order valence-corrected chi connectivity index (χ0v) is 4.89. The third kappa shape index (κ3) is 1.52. The highest BCUT2D eigenvalue weighted by Crippen LogP contribution is 2.21. The van der Waals surface area contributed by atoms with Crippen LogP contribution in [0.3, 0.4) is 0 Å². The zero-order valence-electron chi connectivity index (χ0n) is 4.89. The first-order valence-electron chi connectivity index (χ1n) is 2.85. The van der Waals surface area contributed by atoms with Crippen molar-refractivity contribution in [1.29, 1.82) is 0 Å². The monoisotopic (exact) mass is 113 g/mol. The molecule has 0 N–H and O–H groups in total. The molecule has 1 radical (unpaired) electrons. The zero-order chi connectivity index (χ0) is 5.98. The third-order valence-corrected chi connectivity index (χ3v) is 1.000. The van der Waals surface area contributed by atoms with E-state index in [0.717, 1.165) is 6.42 Å². The first-order valence-corrected chi connectivity index (χ1v) is 2.85. The summed E-state index contributed by atoms with van der Waals surface area (Å²) in [5.41, 5.74) is 0. The number of carbonyl (C=O) groups excluding carboxylic acids is 1. The van der Waals surface area contributed by atoms with Gasteiger partial charge in [0, 0.05) is 12.8 Å². The predicted octanol–water partition coefficient (Wildman–Crippen LogP) is 0.916. The van der Waals surface area contributed by atoms with Crippen molar-refractivity contribution in [2.24, 2.45) is 0 Å². The minimum atomic E-state index is -0.0937. The van der Waals surface area contributed by atoms with E-state index in [4.69, 9.17) is 4.74 Å². The first kappa shape index (κ1) is 5.60. The standard InChI is InChI=1S/C6H9O2/c1-2-6(7)8-5-3-4-5/h3,5H,2,4H2,1H3. The fourth-order valence-corrected chi connectivity index (χ4v) is 0.404. The number of hydrogen-bond donors (Lipinski definition) is 0. The van der Waals surface area contributed by atoms with Crippen LogP contribution in [-0.2, 0) is 9.53 Å². The molecule has 1 unspecified atom stereocenters. The van der Waals surface area contributed by atoms with E-state index in [2.05, 4.69) is 0 Å². The van der Waals surface area contributed by atoms with E-state index in [9.17, 15) is 4.79 Å². The van der Waals surface area contributed by atoms with Gasteiger partial charge in [-0.15, -0.1) is 0 Å². The van der Waals surface area contributed by atoms with Gasteiger partial charge in [0.2, 0.25) is 0 Å². The molecule has 0 aromatic rings. The Labute approximate surface area is 48.8 Å². The SMILES string of the molecule is CCC(=O)OC1[CH]C1. The summed E-state index contributed by atoms with van der Waals surface area (Å²) in [5.74, 6) is -0.0937. The Kier molecular flexibility index (Phi) is 1.51. The number of esters is 1. The quantitative estimate of drug-likeness (QED) is 0.497. The van der Waals surface area contributed by atoms with Crippen LogP contribution >= 0.6 is 0 Å². The van der Waals surface area contributed by atoms with Crippen molar-refractivity contribution in [3.63, 3.8) is 0 Å². The average molecular weight is 113 g/mol. The predicted molar refractivity (Wildman–Crippen MR) is 29.1 cm³/mol. The molecular weight excluding hydrogens is 104 g/mol. The second-order valence-corrected chi connectivity index (χ2v) is 1.85. The van der Waals surface area contributed by atoms with Crippen molar-refractivity contribution in [3.05, 3.63) is 6.42 Å². The highest BCUT2D eigenvalue weighted by Gasteiger charge is 2.25. The highest BCUT2D eigenvalue weighted by molar-refractivity contribution is 5.69. The van der Waals surface area contributed by atoms with Crippen LogP contribution in [0.4, 0.5) is 0 Å². The van der Waals surface area contributed by atoms with Gasteiger partial charge in [-0.2, -0.15) is 0 Å². The van der Waals surface area contributed by atoms with Crippen molar-refractivity contribution >= 4 is 5.97 Å². The molecule has 2 nitrogen and oxygen atoms in total. The fourth-order valence-electron chi connectivity index (χ4n) is 0.404. The van der Waals surface area contributed by atoms with Crippen molar-refractivity contribution in [2.45, 2.75) is 25.9 Å². The Morgan fingerprint density at radius 3 is 3.00 bits per heavy atom. The molecule has 0 amide bonds. The minimum Gasteiger partial charge on any atom is -0.462 e. The normalized spacial score (nSPS) is 18.1. The maximum absolute atomic E-state index is 10.4. The molecule has 1 fully saturated rings. The van der Waals surface area contributed by atoms with E-state index in [1.807, 2.05) is 6.42 Å². The topological polar surface area (TPSA) is 26.3 Å². The summed E-state index contributed by atoms with van der Waals surface area (Å²) >= 11 is 0. The highest BCUT2D eigenvalue weighted by atomic mass is 16.5. The van der Waals surface area contributed by atoms with Crippen LogP contribution in [0.5, 0.6) is 0 Å². The largest absolute Gasteiger partial charge is 0.462 e. The molecule has 0 saturated heterocycles. The number of hydrogen-bond acceptors (Lipinski definition) is 2. The second-order valence-electron chi connectivity index (χ2n) is 1.85. The van der Waals surface area contributed by atoms with Crippen molar-refractivity contribution in [3.8, 4) is 0 Å². The Morgan fingerprint density at radius 1 is 2.00 bits per heavy atom. The van der Waals surface area contributed by atoms with E-state index in [-0.39, 0.29) is 12.1 Å². The summed E-state index contributed by atoms with van der Waals surface area (Å²) in [5, 5.41) is 0. The second kappa shape index (κ2) is 2.16. The van der Waals surface area contributed by atoms with Crippen molar-refractivity contribution in [2.75, 3.05) is 0 Å².